The average Bonchev–Trinajstić information content (AvgIpc) is 3.16. The first-order chi connectivity index (χ1) is 16.0. The van der Waals surface area contributed by atoms with Crippen LogP contribution in [0.1, 0.15) is 82.1 Å². The van der Waals surface area contributed by atoms with Crippen LogP contribution >= 0.6 is 0 Å². The maximum absolute atomic E-state index is 12.5. The fraction of sp³-hybridized carbons (Fsp3) is 0.654. The number of aryl methyl sites for hydroxylation is 2. The average molecular weight is 454 g/mol. The number of hydrogen-bond acceptors (Lipinski definition) is 4. The molecule has 7 heteroatoms. The van der Waals surface area contributed by atoms with Crippen molar-refractivity contribution in [1.29, 1.82) is 0 Å². The number of benzene rings is 1. The summed E-state index contributed by atoms with van der Waals surface area (Å²) in [4.78, 5) is 31.2. The molecule has 0 bridgehead atoms. The molecule has 0 radical (unpaired) electrons. The number of carboxylic acids is 1. The molecule has 178 valence electrons. The summed E-state index contributed by atoms with van der Waals surface area (Å²) in [7, 11) is 1.43. The highest BCUT2D eigenvalue weighted by atomic mass is 16.5. The molecule has 1 aromatic heterocycles. The van der Waals surface area contributed by atoms with E-state index in [0.29, 0.717) is 6.42 Å². The number of ether oxygens (including phenoxy) is 1. The van der Waals surface area contributed by atoms with Crippen LogP contribution in [-0.2, 0) is 22.4 Å². The predicted octanol–water partition coefficient (Wildman–Crippen LogP) is 5.49. The number of amides is 1. The van der Waals surface area contributed by atoms with Crippen molar-refractivity contribution in [2.45, 2.75) is 89.6 Å². The highest BCUT2D eigenvalue weighted by molar-refractivity contribution is 5.95. The Labute approximate surface area is 195 Å². The largest absolute Gasteiger partial charge is 0.481 e. The first kappa shape index (κ1) is 22.2. The fourth-order valence-electron chi connectivity index (χ4n) is 6.14. The molecule has 1 aromatic carbocycles. The molecule has 1 amide bonds. The van der Waals surface area contributed by atoms with Crippen molar-refractivity contribution in [1.82, 2.24) is 9.55 Å². The number of carbonyl (C=O) groups excluding carboxylic acids is 1. The number of fused-ring (bicyclic) bond motifs is 3. The zero-order valence-corrected chi connectivity index (χ0v) is 19.8. The lowest BCUT2D eigenvalue weighted by atomic mass is 9.82. The molecule has 0 spiro atoms. The Morgan fingerprint density at radius 3 is 2.64 bits per heavy atom. The number of hydrogen-bond donors (Lipinski definition) is 1. The lowest BCUT2D eigenvalue weighted by Gasteiger charge is -2.34. The lowest BCUT2D eigenvalue weighted by Crippen LogP contribution is -2.42. The van der Waals surface area contributed by atoms with Gasteiger partial charge in [-0.2, -0.15) is 0 Å². The number of carboxylic acid groups (broad SMARTS) is 1. The second-order valence-electron chi connectivity index (χ2n) is 10.2. The van der Waals surface area contributed by atoms with Gasteiger partial charge in [0.1, 0.15) is 5.82 Å². The van der Waals surface area contributed by atoms with Gasteiger partial charge in [0, 0.05) is 24.1 Å². The number of aromatic nitrogens is 2. The maximum Gasteiger partial charge on any atom is 0.414 e. The summed E-state index contributed by atoms with van der Waals surface area (Å²) in [6.07, 6.45) is 10.8. The quantitative estimate of drug-likeness (QED) is 0.647. The van der Waals surface area contributed by atoms with Crippen molar-refractivity contribution < 1.29 is 19.4 Å². The van der Waals surface area contributed by atoms with Crippen LogP contribution in [0.4, 0.5) is 10.5 Å². The first-order valence-electron chi connectivity index (χ1n) is 12.6. The number of methoxy groups -OCH3 is 1. The van der Waals surface area contributed by atoms with Gasteiger partial charge >= 0.3 is 12.1 Å². The number of rotatable bonds is 5. The summed E-state index contributed by atoms with van der Waals surface area (Å²) in [6, 6.07) is 4.37. The summed E-state index contributed by atoms with van der Waals surface area (Å²) in [6.45, 7) is 2.06. The van der Waals surface area contributed by atoms with Crippen LogP contribution in [0.15, 0.2) is 12.1 Å². The monoisotopic (exact) mass is 453 g/mol. The van der Waals surface area contributed by atoms with E-state index in [9.17, 15) is 14.7 Å². The van der Waals surface area contributed by atoms with E-state index < -0.39 is 5.97 Å². The zero-order valence-electron chi connectivity index (χ0n) is 19.8. The van der Waals surface area contributed by atoms with Crippen LogP contribution in [0.25, 0.3) is 11.0 Å². The van der Waals surface area contributed by atoms with Crippen molar-refractivity contribution in [2.24, 2.45) is 11.8 Å². The molecule has 7 nitrogen and oxygen atoms in total. The normalized spacial score (nSPS) is 25.5. The van der Waals surface area contributed by atoms with Gasteiger partial charge in [0.25, 0.3) is 0 Å². The number of anilines is 1. The number of carbonyl (C=O) groups is 2. The Balaban J connectivity index is 1.58. The van der Waals surface area contributed by atoms with Crippen molar-refractivity contribution >= 4 is 28.8 Å². The van der Waals surface area contributed by atoms with Crippen molar-refractivity contribution in [2.75, 3.05) is 12.0 Å². The van der Waals surface area contributed by atoms with E-state index in [2.05, 4.69) is 17.6 Å². The summed E-state index contributed by atoms with van der Waals surface area (Å²) in [5.74, 6) is 0.916. The second kappa shape index (κ2) is 8.99. The van der Waals surface area contributed by atoms with E-state index in [1.165, 1.54) is 26.4 Å². The van der Waals surface area contributed by atoms with Gasteiger partial charge in [-0.1, -0.05) is 25.7 Å². The molecule has 2 heterocycles. The first-order valence-corrected chi connectivity index (χ1v) is 12.6. The number of nitrogens with zero attached hydrogens (tertiary/aromatic N) is 3. The highest BCUT2D eigenvalue weighted by Crippen LogP contribution is 2.41. The van der Waals surface area contributed by atoms with Crippen LogP contribution < -0.4 is 4.90 Å². The van der Waals surface area contributed by atoms with Crippen LogP contribution in [0.3, 0.4) is 0 Å². The van der Waals surface area contributed by atoms with Gasteiger partial charge in [-0.3, -0.25) is 9.69 Å². The molecule has 2 aliphatic carbocycles. The maximum atomic E-state index is 12.5. The zero-order chi connectivity index (χ0) is 23.1. The third-order valence-corrected chi connectivity index (χ3v) is 8.26. The minimum atomic E-state index is -0.680. The molecule has 5 rings (SSSR count). The van der Waals surface area contributed by atoms with Crippen molar-refractivity contribution in [3.05, 3.63) is 23.5 Å². The standard InChI is InChI=1S/C26H35N3O4/c1-16-9-11-20-21(28(16)26(32)33-2)12-13-22-24(20)27-23(14-10-17-5-3-6-17)29(22)19-8-4-7-18(15-19)25(30)31/h12-13,16-19H,3-11,14-15H2,1-2H3,(H,30,31)/t16?,18-,19-/m1/s1. The summed E-state index contributed by atoms with van der Waals surface area (Å²) in [5, 5.41) is 9.67. The molecule has 3 atom stereocenters. The minimum Gasteiger partial charge on any atom is -0.481 e. The Kier molecular flexibility index (Phi) is 6.06. The topological polar surface area (TPSA) is 84.7 Å². The molecule has 3 aliphatic rings. The second-order valence-corrected chi connectivity index (χ2v) is 10.2. The molecule has 1 unspecified atom stereocenters. The van der Waals surface area contributed by atoms with Gasteiger partial charge in [0.15, 0.2) is 0 Å². The van der Waals surface area contributed by atoms with Crippen molar-refractivity contribution in [3.8, 4) is 0 Å². The third kappa shape index (κ3) is 4.00. The van der Waals surface area contributed by atoms with E-state index >= 15 is 0 Å². The molecule has 2 aromatic rings. The Morgan fingerprint density at radius 1 is 1.15 bits per heavy atom. The van der Waals surface area contributed by atoms with Gasteiger partial charge in [-0.05, 0) is 63.5 Å². The summed E-state index contributed by atoms with van der Waals surface area (Å²) >= 11 is 0. The van der Waals surface area contributed by atoms with E-state index in [4.69, 9.17) is 9.72 Å². The molecule has 33 heavy (non-hydrogen) atoms. The molecule has 0 saturated heterocycles. The lowest BCUT2D eigenvalue weighted by molar-refractivity contribution is -0.143. The van der Waals surface area contributed by atoms with Crippen LogP contribution in [0, 0.1) is 11.8 Å². The van der Waals surface area contributed by atoms with Crippen molar-refractivity contribution in [3.63, 3.8) is 0 Å². The van der Waals surface area contributed by atoms with Gasteiger partial charge < -0.3 is 14.4 Å². The highest BCUT2D eigenvalue weighted by Gasteiger charge is 2.34. The van der Waals surface area contributed by atoms with Gasteiger partial charge in [0.2, 0.25) is 0 Å². The van der Waals surface area contributed by atoms with E-state index in [1.807, 2.05) is 6.07 Å². The third-order valence-electron chi connectivity index (χ3n) is 8.26. The fourth-order valence-corrected chi connectivity index (χ4v) is 6.14. The van der Waals surface area contributed by atoms with Crippen LogP contribution in [-0.4, -0.2) is 39.9 Å². The van der Waals surface area contributed by atoms with Gasteiger partial charge in [-0.15, -0.1) is 0 Å². The molecule has 1 N–H and O–H groups in total. The van der Waals surface area contributed by atoms with Gasteiger partial charge in [0.05, 0.1) is 29.7 Å². The smallest absolute Gasteiger partial charge is 0.414 e. The molecule has 2 fully saturated rings. The van der Waals surface area contributed by atoms with E-state index in [-0.39, 0.29) is 24.1 Å². The number of imidazole rings is 1. The molecule has 2 saturated carbocycles. The molecule has 1 aliphatic heterocycles. The molecular weight excluding hydrogens is 418 g/mol. The van der Waals surface area contributed by atoms with Crippen LogP contribution in [0.5, 0.6) is 0 Å². The van der Waals surface area contributed by atoms with Crippen LogP contribution in [0.2, 0.25) is 0 Å². The van der Waals surface area contributed by atoms with E-state index in [1.54, 1.807) is 4.90 Å². The Bertz CT molecular complexity index is 1060. The summed E-state index contributed by atoms with van der Waals surface area (Å²) < 4.78 is 7.44. The Morgan fingerprint density at radius 2 is 1.94 bits per heavy atom. The Hall–Kier alpha value is -2.57. The molecular formula is C26H35N3O4. The summed E-state index contributed by atoms with van der Waals surface area (Å²) in [5.41, 5.74) is 4.09. The predicted molar refractivity (Wildman–Crippen MR) is 127 cm³/mol. The SMILES string of the molecule is COC(=O)N1c2ccc3c(nc(CCC4CCC4)n3[C@@H]3CCC[C@@H](C(=O)O)C3)c2CCC1C. The minimum absolute atomic E-state index is 0.0808. The number of aliphatic carboxylic acids is 1. The van der Waals surface area contributed by atoms with E-state index in [0.717, 1.165) is 79.0 Å². The van der Waals surface area contributed by atoms with Gasteiger partial charge in [-0.25, -0.2) is 9.78 Å².